The Bertz CT molecular complexity index is 484. The third-order valence-corrected chi connectivity index (χ3v) is 7.10. The van der Waals surface area contributed by atoms with E-state index >= 15 is 0 Å². The molecular formula is C16H22O3. The third kappa shape index (κ3) is 1.16. The smallest absolute Gasteiger partial charge is 0.311 e. The van der Waals surface area contributed by atoms with E-state index in [0.29, 0.717) is 35.4 Å². The van der Waals surface area contributed by atoms with Crippen molar-refractivity contribution in [3.63, 3.8) is 0 Å². The van der Waals surface area contributed by atoms with E-state index in [1.165, 1.54) is 7.11 Å². The number of hydrogen-bond donors (Lipinski definition) is 0. The molecule has 0 aromatic rings. The minimum atomic E-state index is -0.311. The summed E-state index contributed by atoms with van der Waals surface area (Å²) in [7, 11) is 1.49. The van der Waals surface area contributed by atoms with Gasteiger partial charge >= 0.3 is 5.97 Å². The van der Waals surface area contributed by atoms with Crippen molar-refractivity contribution in [2.45, 2.75) is 39.5 Å². The second-order valence-electron chi connectivity index (χ2n) is 7.91. The van der Waals surface area contributed by atoms with Gasteiger partial charge in [0, 0.05) is 12.3 Å². The van der Waals surface area contributed by atoms with Gasteiger partial charge in [-0.1, -0.05) is 6.92 Å². The highest BCUT2D eigenvalue weighted by Crippen LogP contribution is 2.76. The molecule has 4 saturated carbocycles. The standard InChI is InChI=1S/C16H22O3/c1-15(14(18)19-3)5-10-8-4-9-12(17)7-16(2,13(8)9)11(10)6-15/h8-11,13H,4-7H2,1-3H3/t8?,9?,10-,11-,13+,15+,16+/m1/s1. The van der Waals surface area contributed by atoms with Gasteiger partial charge in [-0.3, -0.25) is 9.59 Å². The lowest BCUT2D eigenvalue weighted by molar-refractivity contribution is -0.152. The molecule has 4 aliphatic carbocycles. The monoisotopic (exact) mass is 262 g/mol. The molecule has 3 nitrogen and oxygen atoms in total. The maximum absolute atomic E-state index is 12.1. The van der Waals surface area contributed by atoms with Crippen LogP contribution in [0.4, 0.5) is 0 Å². The van der Waals surface area contributed by atoms with E-state index in [4.69, 9.17) is 4.74 Å². The fourth-order valence-corrected chi connectivity index (χ4v) is 6.38. The Labute approximate surface area is 114 Å². The number of methoxy groups -OCH3 is 1. The number of ether oxygens (including phenoxy) is 1. The second-order valence-corrected chi connectivity index (χ2v) is 7.91. The van der Waals surface area contributed by atoms with E-state index in [2.05, 4.69) is 13.8 Å². The topological polar surface area (TPSA) is 43.4 Å². The van der Waals surface area contributed by atoms with Crippen molar-refractivity contribution in [3.8, 4) is 0 Å². The number of carbonyl (C=O) groups excluding carboxylic acids is 2. The number of fused-ring (bicyclic) bond motifs is 3. The van der Waals surface area contributed by atoms with Crippen molar-refractivity contribution in [2.75, 3.05) is 7.11 Å². The molecule has 4 aliphatic rings. The number of esters is 1. The quantitative estimate of drug-likeness (QED) is 0.682. The molecule has 2 unspecified atom stereocenters. The van der Waals surface area contributed by atoms with E-state index in [1.807, 2.05) is 0 Å². The van der Waals surface area contributed by atoms with Gasteiger partial charge in [0.25, 0.3) is 0 Å². The van der Waals surface area contributed by atoms with Gasteiger partial charge < -0.3 is 4.74 Å². The van der Waals surface area contributed by atoms with Gasteiger partial charge in [-0.05, 0) is 55.3 Å². The van der Waals surface area contributed by atoms with Crippen LogP contribution in [0.25, 0.3) is 0 Å². The number of carbonyl (C=O) groups is 2. The molecule has 4 rings (SSSR count). The largest absolute Gasteiger partial charge is 0.469 e. The van der Waals surface area contributed by atoms with Gasteiger partial charge in [0.2, 0.25) is 0 Å². The first-order valence-electron chi connectivity index (χ1n) is 7.52. The molecule has 4 fully saturated rings. The zero-order valence-corrected chi connectivity index (χ0v) is 11.9. The molecule has 0 bridgehead atoms. The Morgan fingerprint density at radius 3 is 2.68 bits per heavy atom. The van der Waals surface area contributed by atoms with Crippen LogP contribution in [-0.2, 0) is 14.3 Å². The normalized spacial score (nSPS) is 57.6. The molecule has 0 saturated heterocycles. The van der Waals surface area contributed by atoms with Crippen LogP contribution in [-0.4, -0.2) is 18.9 Å². The molecule has 0 N–H and O–H groups in total. The Kier molecular flexibility index (Phi) is 2.03. The number of hydrogen-bond acceptors (Lipinski definition) is 3. The third-order valence-electron chi connectivity index (χ3n) is 7.10. The Morgan fingerprint density at radius 1 is 1.26 bits per heavy atom. The molecule has 7 atom stereocenters. The molecule has 0 amide bonds. The Hall–Kier alpha value is -0.860. The van der Waals surface area contributed by atoms with Crippen molar-refractivity contribution in [1.29, 1.82) is 0 Å². The fourth-order valence-electron chi connectivity index (χ4n) is 6.38. The summed E-state index contributed by atoms with van der Waals surface area (Å²) in [4.78, 5) is 24.1. The molecule has 0 heterocycles. The molecule has 0 aliphatic heterocycles. The summed E-state index contributed by atoms with van der Waals surface area (Å²) in [6.07, 6.45) is 3.75. The number of Topliss-reactive ketones (excluding diaryl/α,β-unsaturated/α-hetero) is 1. The molecular weight excluding hydrogens is 240 g/mol. The van der Waals surface area contributed by atoms with Gasteiger partial charge in [0.1, 0.15) is 5.78 Å². The van der Waals surface area contributed by atoms with Gasteiger partial charge in [-0.15, -0.1) is 0 Å². The van der Waals surface area contributed by atoms with E-state index < -0.39 is 0 Å². The zero-order valence-electron chi connectivity index (χ0n) is 11.9. The van der Waals surface area contributed by atoms with E-state index in [1.54, 1.807) is 0 Å². The number of rotatable bonds is 1. The fraction of sp³-hybridized carbons (Fsp3) is 0.875. The first kappa shape index (κ1) is 11.9. The van der Waals surface area contributed by atoms with Gasteiger partial charge in [0.05, 0.1) is 12.5 Å². The van der Waals surface area contributed by atoms with Crippen molar-refractivity contribution >= 4 is 11.8 Å². The summed E-state index contributed by atoms with van der Waals surface area (Å²) >= 11 is 0. The molecule has 19 heavy (non-hydrogen) atoms. The summed E-state index contributed by atoms with van der Waals surface area (Å²) in [6, 6.07) is 0. The van der Waals surface area contributed by atoms with E-state index in [9.17, 15) is 9.59 Å². The van der Waals surface area contributed by atoms with Gasteiger partial charge in [0.15, 0.2) is 0 Å². The predicted molar refractivity (Wildman–Crippen MR) is 69.2 cm³/mol. The van der Waals surface area contributed by atoms with Crippen LogP contribution >= 0.6 is 0 Å². The van der Waals surface area contributed by atoms with Gasteiger partial charge in [-0.25, -0.2) is 0 Å². The molecule has 104 valence electrons. The first-order chi connectivity index (χ1) is 8.90. The highest BCUT2D eigenvalue weighted by atomic mass is 16.5. The van der Waals surface area contributed by atoms with Crippen molar-refractivity contribution in [1.82, 2.24) is 0 Å². The van der Waals surface area contributed by atoms with Crippen LogP contribution in [0.5, 0.6) is 0 Å². The van der Waals surface area contributed by atoms with Crippen LogP contribution < -0.4 is 0 Å². The first-order valence-corrected chi connectivity index (χ1v) is 7.52. The average molecular weight is 262 g/mol. The maximum atomic E-state index is 12.1. The zero-order chi connectivity index (χ0) is 13.6. The predicted octanol–water partition coefficient (Wildman–Crippen LogP) is 2.44. The molecule has 3 heteroatoms. The van der Waals surface area contributed by atoms with E-state index in [-0.39, 0.29) is 16.8 Å². The van der Waals surface area contributed by atoms with Gasteiger partial charge in [-0.2, -0.15) is 0 Å². The van der Waals surface area contributed by atoms with Crippen molar-refractivity contribution in [2.24, 2.45) is 40.4 Å². The lowest BCUT2D eigenvalue weighted by Crippen LogP contribution is -2.40. The Balaban J connectivity index is 1.68. The van der Waals surface area contributed by atoms with Crippen LogP contribution in [0.2, 0.25) is 0 Å². The second kappa shape index (κ2) is 3.24. The SMILES string of the molecule is COC(=O)[C@@]1(C)C[C@@H]2C3CC4C(=O)C[C@](C)([C@H]43)[C@@H]2C1. The molecule has 0 spiro atoms. The van der Waals surface area contributed by atoms with Crippen LogP contribution in [0.3, 0.4) is 0 Å². The van der Waals surface area contributed by atoms with Crippen LogP contribution in [0, 0.1) is 40.4 Å². The van der Waals surface area contributed by atoms with Crippen molar-refractivity contribution < 1.29 is 14.3 Å². The highest BCUT2D eigenvalue weighted by molar-refractivity contribution is 5.86. The summed E-state index contributed by atoms with van der Waals surface area (Å²) in [6.45, 7) is 4.37. The summed E-state index contributed by atoms with van der Waals surface area (Å²) in [5, 5.41) is 0. The maximum Gasteiger partial charge on any atom is 0.311 e. The molecule has 0 radical (unpaired) electrons. The highest BCUT2D eigenvalue weighted by Gasteiger charge is 2.73. The summed E-state index contributed by atoms with van der Waals surface area (Å²) < 4.78 is 5.01. The minimum Gasteiger partial charge on any atom is -0.469 e. The minimum absolute atomic E-state index is 0.0535. The average Bonchev–Trinajstić information content (AvgIpc) is 2.78. The van der Waals surface area contributed by atoms with Crippen LogP contribution in [0.15, 0.2) is 0 Å². The molecule has 0 aromatic carbocycles. The van der Waals surface area contributed by atoms with E-state index in [0.717, 1.165) is 25.7 Å². The lowest BCUT2D eigenvalue weighted by Gasteiger charge is -2.43. The molecule has 0 aromatic heterocycles. The Morgan fingerprint density at radius 2 is 2.00 bits per heavy atom. The lowest BCUT2D eigenvalue weighted by atomic mass is 9.61. The van der Waals surface area contributed by atoms with Crippen LogP contribution in [0.1, 0.15) is 39.5 Å². The summed E-state index contributed by atoms with van der Waals surface area (Å²) in [5.41, 5.74) is -0.129. The number of ketones is 1. The van der Waals surface area contributed by atoms with Crippen molar-refractivity contribution in [3.05, 3.63) is 0 Å². The summed E-state index contributed by atoms with van der Waals surface area (Å²) in [5.74, 6) is 3.36.